The Balaban J connectivity index is 0.639. The molecular weight excluding hydrogens is 1330 g/mol. The molecule has 0 fully saturated rings. The van der Waals surface area contributed by atoms with Crippen LogP contribution in [0.3, 0.4) is 0 Å². The summed E-state index contributed by atoms with van der Waals surface area (Å²) in [5, 5.41) is 21.8. The second-order valence-corrected chi connectivity index (χ2v) is 30.6. The number of fused-ring (bicyclic) bond motifs is 8. The van der Waals surface area contributed by atoms with Crippen LogP contribution in [0.1, 0.15) is 102 Å². The lowest BCUT2D eigenvalue weighted by Crippen LogP contribution is -2.31. The van der Waals surface area contributed by atoms with Gasteiger partial charge in [-0.3, -0.25) is 10.7 Å². The zero-order chi connectivity index (χ0) is 74.5. The fraction of sp³-hybridized carbons (Fsp3) is 0.0849. The maximum atomic E-state index is 9.35. The minimum atomic E-state index is -0.402. The Hall–Kier alpha value is -13.1. The molecule has 0 saturated carbocycles. The van der Waals surface area contributed by atoms with Gasteiger partial charge in [0, 0.05) is 16.4 Å². The molecule has 0 spiro atoms. The molecular formula is C106H84N4. The number of nitrogens with two attached hydrogens (primary N) is 1. The summed E-state index contributed by atoms with van der Waals surface area (Å²) in [6, 6.07) is 132. The molecule has 3 atom stereocenters. The van der Waals surface area contributed by atoms with Gasteiger partial charge in [-0.25, -0.2) is 0 Å². The summed E-state index contributed by atoms with van der Waals surface area (Å²) in [7, 11) is 0. The van der Waals surface area contributed by atoms with Crippen LogP contribution in [-0.4, -0.2) is 5.84 Å². The van der Waals surface area contributed by atoms with Gasteiger partial charge >= 0.3 is 0 Å². The zero-order valence-electron chi connectivity index (χ0n) is 62.3. The summed E-state index contributed by atoms with van der Waals surface area (Å²) in [6.45, 7) is 9.51. The van der Waals surface area contributed by atoms with E-state index < -0.39 is 6.17 Å². The highest BCUT2D eigenvalue weighted by atomic mass is 15.0. The zero-order valence-corrected chi connectivity index (χ0v) is 62.3. The summed E-state index contributed by atoms with van der Waals surface area (Å²) < 4.78 is 0. The standard InChI is InChI=1S/C106H84N4/c1-105(2)95-40-22-39-90(101(95)93-63-83-29-14-16-31-85(83)66-96(93)105)76-47-41-69(42-48-76)45-59-99(109-103(107)78-25-10-6-11-26-78)87-36-21-34-81(62-87)74-53-51-73(52-54-74)80-33-20-35-82(61-80)88-65-92(102-94-64-84-30-15-17-32-86(84)67-97(94)106(3,4)98(102)68-88)77-49-43-70(44-50-77)46-60-100(110-104(108)79-27-12-7-13-28-79)91-38-19-18-37-89(91)75-57-55-72(56-58-75)71-23-8-5-9-24-71/h5-68,99-100,103,109H,107H2,1-4H3,(H2,108,110)/b59-45+,60-46+. The van der Waals surface area contributed by atoms with Gasteiger partial charge < -0.3 is 11.1 Å². The first-order valence-electron chi connectivity index (χ1n) is 38.3. The third kappa shape index (κ3) is 13.2. The van der Waals surface area contributed by atoms with E-state index in [-0.39, 0.29) is 22.9 Å². The molecule has 3 unspecified atom stereocenters. The summed E-state index contributed by atoms with van der Waals surface area (Å²) in [5.74, 6) is 0.360. The van der Waals surface area contributed by atoms with Crippen molar-refractivity contribution in [1.29, 1.82) is 5.41 Å². The van der Waals surface area contributed by atoms with Crippen LogP contribution in [0.4, 0.5) is 0 Å². The minimum absolute atomic E-state index is 0.110. The first-order chi connectivity index (χ1) is 53.8. The van der Waals surface area contributed by atoms with Crippen LogP contribution in [0.25, 0.3) is 134 Å². The molecule has 2 aliphatic rings. The van der Waals surface area contributed by atoms with Crippen molar-refractivity contribution in [3.8, 4) is 100 Å². The van der Waals surface area contributed by atoms with Gasteiger partial charge in [0.2, 0.25) is 0 Å². The van der Waals surface area contributed by atoms with E-state index in [1.54, 1.807) is 0 Å². The number of nitrogens with one attached hydrogen (secondary N) is 3. The van der Waals surface area contributed by atoms with Crippen molar-refractivity contribution in [3.63, 3.8) is 0 Å². The topological polar surface area (TPSA) is 73.9 Å². The number of hydrogen-bond acceptors (Lipinski definition) is 3. The molecule has 0 heterocycles. The Morgan fingerprint density at radius 3 is 1.32 bits per heavy atom. The molecule has 0 amide bonds. The van der Waals surface area contributed by atoms with Gasteiger partial charge in [0.15, 0.2) is 0 Å². The van der Waals surface area contributed by atoms with Crippen molar-refractivity contribution >= 4 is 39.5 Å². The maximum absolute atomic E-state index is 9.35. The molecule has 0 radical (unpaired) electrons. The molecule has 16 aromatic carbocycles. The molecule has 0 saturated heterocycles. The van der Waals surface area contributed by atoms with Crippen molar-refractivity contribution in [2.45, 2.75) is 56.8 Å². The van der Waals surface area contributed by atoms with Gasteiger partial charge in [0.1, 0.15) is 5.84 Å². The molecule has 0 bridgehead atoms. The Morgan fingerprint density at radius 1 is 0.300 bits per heavy atom. The SMILES string of the molecule is CC1(C)c2cc3ccccc3cc2-c2c(-c3ccc(/C=C/C(NC(N)c4ccccc4)c4cccc(-c5ccc(-c6cccc(-c7cc(-c8ccc(/C=C/C(NC(=N)c9ccccc9)c9ccccc9-c9ccc(-c%10ccccc%10)cc9)cc8)c8c(c7)C(C)(C)c7cc9ccccc9cc7-8)c6)cc5)c4)cc3)cccc21. The number of hydrogen-bond donors (Lipinski definition) is 4. The third-order valence-corrected chi connectivity index (χ3v) is 23.1. The van der Waals surface area contributed by atoms with E-state index in [1.807, 2.05) is 48.5 Å². The van der Waals surface area contributed by atoms with E-state index in [9.17, 15) is 5.41 Å². The van der Waals surface area contributed by atoms with Crippen LogP contribution in [-0.2, 0) is 10.8 Å². The second-order valence-electron chi connectivity index (χ2n) is 30.6. The predicted octanol–water partition coefficient (Wildman–Crippen LogP) is 26.6. The molecule has 4 heteroatoms. The van der Waals surface area contributed by atoms with Gasteiger partial charge in [0.25, 0.3) is 0 Å². The van der Waals surface area contributed by atoms with Crippen LogP contribution in [0.15, 0.2) is 376 Å². The van der Waals surface area contributed by atoms with Gasteiger partial charge in [-0.2, -0.15) is 0 Å². The highest BCUT2D eigenvalue weighted by Gasteiger charge is 2.39. The molecule has 2 aliphatic carbocycles. The molecule has 0 aromatic heterocycles. The van der Waals surface area contributed by atoms with Gasteiger partial charge in [-0.15, -0.1) is 0 Å². The van der Waals surface area contributed by atoms with E-state index >= 15 is 0 Å². The normalized spacial score (nSPS) is 13.9. The molecule has 0 aliphatic heterocycles. The quantitative estimate of drug-likeness (QED) is 0.0393. The first kappa shape index (κ1) is 68.7. The van der Waals surface area contributed by atoms with Gasteiger partial charge in [-0.1, -0.05) is 367 Å². The predicted molar refractivity (Wildman–Crippen MR) is 464 cm³/mol. The first-order valence-corrected chi connectivity index (χ1v) is 38.3. The molecule has 18 rings (SSSR count). The number of amidine groups is 1. The van der Waals surface area contributed by atoms with E-state index in [2.05, 4.69) is 378 Å². The fourth-order valence-corrected chi connectivity index (χ4v) is 17.0. The summed E-state index contributed by atoms with van der Waals surface area (Å²) in [6.07, 6.45) is 8.48. The highest BCUT2D eigenvalue weighted by molar-refractivity contribution is 6.02. The van der Waals surface area contributed by atoms with E-state index in [0.29, 0.717) is 5.84 Å². The van der Waals surface area contributed by atoms with Crippen LogP contribution >= 0.6 is 0 Å². The maximum Gasteiger partial charge on any atom is 0.126 e. The molecule has 5 N–H and O–H groups in total. The van der Waals surface area contributed by atoms with E-state index in [4.69, 9.17) is 5.73 Å². The Bertz CT molecular complexity index is 6210. The Labute approximate surface area is 645 Å². The monoisotopic (exact) mass is 1410 g/mol. The van der Waals surface area contributed by atoms with Crippen molar-refractivity contribution in [2.75, 3.05) is 0 Å². The van der Waals surface area contributed by atoms with Crippen LogP contribution < -0.4 is 16.4 Å². The summed E-state index contributed by atoms with van der Waals surface area (Å²) in [5.41, 5.74) is 39.8. The summed E-state index contributed by atoms with van der Waals surface area (Å²) in [4.78, 5) is 0. The van der Waals surface area contributed by atoms with Crippen LogP contribution in [0.5, 0.6) is 0 Å². The molecule has 16 aromatic rings. The van der Waals surface area contributed by atoms with Crippen molar-refractivity contribution in [1.82, 2.24) is 10.6 Å². The van der Waals surface area contributed by atoms with Crippen molar-refractivity contribution in [3.05, 3.63) is 432 Å². The smallest absolute Gasteiger partial charge is 0.126 e. The largest absolute Gasteiger partial charge is 0.360 e. The lowest BCUT2D eigenvalue weighted by Gasteiger charge is -2.23. The Kier molecular flexibility index (Phi) is 18.0. The fourth-order valence-electron chi connectivity index (χ4n) is 17.0. The second kappa shape index (κ2) is 28.9. The van der Waals surface area contributed by atoms with Crippen molar-refractivity contribution < 1.29 is 0 Å². The molecule has 4 nitrogen and oxygen atoms in total. The number of benzene rings is 16. The van der Waals surface area contributed by atoms with E-state index in [0.717, 1.165) is 77.9 Å². The third-order valence-electron chi connectivity index (χ3n) is 23.1. The van der Waals surface area contributed by atoms with Crippen molar-refractivity contribution in [2.24, 2.45) is 5.73 Å². The van der Waals surface area contributed by atoms with Crippen LogP contribution in [0, 0.1) is 5.41 Å². The van der Waals surface area contributed by atoms with Gasteiger partial charge in [0.05, 0.1) is 18.2 Å². The van der Waals surface area contributed by atoms with Crippen LogP contribution in [0.2, 0.25) is 0 Å². The average Bonchev–Trinajstić information content (AvgIpc) is 1.56. The number of rotatable bonds is 18. The summed E-state index contributed by atoms with van der Waals surface area (Å²) >= 11 is 0. The molecule has 110 heavy (non-hydrogen) atoms. The average molecular weight is 1410 g/mol. The highest BCUT2D eigenvalue weighted by Crippen LogP contribution is 2.56. The van der Waals surface area contributed by atoms with Gasteiger partial charge in [-0.05, 0) is 220 Å². The molecule has 528 valence electrons. The lowest BCUT2D eigenvalue weighted by molar-refractivity contribution is 0.509. The van der Waals surface area contributed by atoms with E-state index in [1.165, 1.54) is 99.4 Å². The minimum Gasteiger partial charge on any atom is -0.360 e. The lowest BCUT2D eigenvalue weighted by atomic mass is 9.80. The Morgan fingerprint density at radius 2 is 0.709 bits per heavy atom.